The van der Waals surface area contributed by atoms with Crippen molar-refractivity contribution in [2.75, 3.05) is 16.0 Å². The summed E-state index contributed by atoms with van der Waals surface area (Å²) in [5.41, 5.74) is 0.759. The topological polar surface area (TPSA) is 51.2 Å². The third kappa shape index (κ3) is 3.36. The molecule has 0 bridgehead atoms. The van der Waals surface area contributed by atoms with E-state index in [1.165, 1.54) is 0 Å². The summed E-state index contributed by atoms with van der Waals surface area (Å²) in [6, 6.07) is 4.73. The van der Waals surface area contributed by atoms with Gasteiger partial charge in [-0.05, 0) is 0 Å². The van der Waals surface area contributed by atoms with Crippen LogP contribution in [0, 0.1) is 0 Å². The van der Waals surface area contributed by atoms with Gasteiger partial charge in [-0.25, -0.2) is 0 Å². The number of hydrogen-bond donors (Lipinski definition) is 0. The lowest BCUT2D eigenvalue weighted by Gasteiger charge is -2.10. The number of ketones is 3. The molecule has 0 aromatic heterocycles. The molecule has 1 aromatic rings. The van der Waals surface area contributed by atoms with Crippen molar-refractivity contribution in [2.45, 2.75) is 0 Å². The van der Waals surface area contributed by atoms with Crippen LogP contribution in [0.25, 0.3) is 0 Å². The van der Waals surface area contributed by atoms with Crippen molar-refractivity contribution in [3.05, 3.63) is 34.9 Å². The Balaban J connectivity index is 3.49. The molecule has 18 heavy (non-hydrogen) atoms. The number of Topliss-reactive ketones (excluding diaryl/α,β-unsaturated/α-hetero) is 3. The van der Waals surface area contributed by atoms with Gasteiger partial charge in [-0.2, -0.15) is 0 Å². The first-order chi connectivity index (χ1) is 8.56. The first-order valence-corrected chi connectivity index (χ1v) is 8.33. The van der Waals surface area contributed by atoms with E-state index >= 15 is 0 Å². The summed E-state index contributed by atoms with van der Waals surface area (Å²) < 4.78 is 0. The van der Waals surface area contributed by atoms with Crippen LogP contribution < -0.4 is 0 Å². The molecule has 0 unspecified atom stereocenters. The van der Waals surface area contributed by atoms with Gasteiger partial charge in [-0.15, -0.1) is 0 Å². The number of alkyl halides is 3. The molecule has 0 heterocycles. The number of halogens is 3. The highest BCUT2D eigenvalue weighted by molar-refractivity contribution is 9.09. The molecule has 0 fully saturated rings. The van der Waals surface area contributed by atoms with Crippen LogP contribution in [0.2, 0.25) is 0 Å². The van der Waals surface area contributed by atoms with E-state index in [1.54, 1.807) is 18.2 Å². The molecule has 0 atom stereocenters. The predicted octanol–water partition coefficient (Wildman–Crippen LogP) is 3.42. The molecule has 1 rings (SSSR count). The predicted molar refractivity (Wildman–Crippen MR) is 80.8 cm³/mol. The summed E-state index contributed by atoms with van der Waals surface area (Å²) in [6.45, 7) is 0. The maximum absolute atomic E-state index is 11.9. The minimum atomic E-state index is -0.274. The third-order valence-electron chi connectivity index (χ3n) is 2.31. The van der Waals surface area contributed by atoms with Gasteiger partial charge in [0.2, 0.25) is 0 Å². The highest BCUT2D eigenvalue weighted by Gasteiger charge is 2.22. The molecule has 0 aliphatic heterocycles. The normalized spacial score (nSPS) is 10.2. The van der Waals surface area contributed by atoms with Gasteiger partial charge in [-0.3, -0.25) is 14.4 Å². The van der Waals surface area contributed by atoms with Gasteiger partial charge >= 0.3 is 0 Å². The van der Waals surface area contributed by atoms with Crippen LogP contribution in [-0.2, 0) is 0 Å². The van der Waals surface area contributed by atoms with E-state index in [9.17, 15) is 14.4 Å². The van der Waals surface area contributed by atoms with Gasteiger partial charge in [0.25, 0.3) is 0 Å². The monoisotopic (exact) mass is 438 g/mol. The largest absolute Gasteiger partial charge is 0.293 e. The van der Waals surface area contributed by atoms with Gasteiger partial charge in [0.05, 0.1) is 16.0 Å². The van der Waals surface area contributed by atoms with Crippen molar-refractivity contribution in [1.29, 1.82) is 0 Å². The highest BCUT2D eigenvalue weighted by atomic mass is 79.9. The molecule has 0 saturated heterocycles. The van der Waals surface area contributed by atoms with E-state index < -0.39 is 0 Å². The zero-order valence-corrected chi connectivity index (χ0v) is 14.0. The Morgan fingerprint density at radius 3 is 1.50 bits per heavy atom. The van der Waals surface area contributed by atoms with Gasteiger partial charge in [-0.1, -0.05) is 66.0 Å². The Labute approximate surface area is 130 Å². The lowest BCUT2D eigenvalue weighted by atomic mass is 9.94. The summed E-state index contributed by atoms with van der Waals surface area (Å²) in [6.07, 6.45) is 0. The fraction of sp³-hybridized carbons (Fsp3) is 0.250. The Morgan fingerprint density at radius 2 is 1.17 bits per heavy atom. The number of carbonyl (C=O) groups is 3. The van der Waals surface area contributed by atoms with Gasteiger partial charge < -0.3 is 0 Å². The summed E-state index contributed by atoms with van der Waals surface area (Å²) >= 11 is 9.20. The van der Waals surface area contributed by atoms with E-state index in [0.717, 1.165) is 0 Å². The van der Waals surface area contributed by atoms with Gasteiger partial charge in [0.1, 0.15) is 0 Å². The molecule has 6 heteroatoms. The van der Waals surface area contributed by atoms with E-state index in [4.69, 9.17) is 0 Å². The van der Waals surface area contributed by atoms with E-state index in [2.05, 4.69) is 47.8 Å². The Hall–Kier alpha value is -0.330. The van der Waals surface area contributed by atoms with E-state index in [-0.39, 0.29) is 50.0 Å². The minimum absolute atomic E-state index is 0.0716. The molecule has 0 spiro atoms. The molecular formula is C12H9Br3O3. The van der Waals surface area contributed by atoms with E-state index in [0.29, 0.717) is 0 Å². The first-order valence-electron chi connectivity index (χ1n) is 4.97. The lowest BCUT2D eigenvalue weighted by Crippen LogP contribution is -2.17. The molecular weight excluding hydrogens is 432 g/mol. The Bertz CT molecular complexity index is 463. The number of hydrogen-bond acceptors (Lipinski definition) is 3. The van der Waals surface area contributed by atoms with Crippen LogP contribution in [0.3, 0.4) is 0 Å². The van der Waals surface area contributed by atoms with Crippen molar-refractivity contribution in [1.82, 2.24) is 0 Å². The zero-order chi connectivity index (χ0) is 13.7. The molecule has 3 nitrogen and oxygen atoms in total. The average Bonchev–Trinajstić information content (AvgIpc) is 2.43. The fourth-order valence-corrected chi connectivity index (χ4v) is 2.41. The molecule has 0 radical (unpaired) electrons. The van der Waals surface area contributed by atoms with Crippen LogP contribution in [0.1, 0.15) is 31.1 Å². The Morgan fingerprint density at radius 1 is 0.778 bits per heavy atom. The smallest absolute Gasteiger partial charge is 0.174 e. The average molecular weight is 441 g/mol. The zero-order valence-electron chi connectivity index (χ0n) is 9.21. The Kier molecular flexibility index (Phi) is 6.38. The molecule has 0 N–H and O–H groups in total. The second kappa shape index (κ2) is 7.31. The SMILES string of the molecule is O=C(CBr)c1cccc(C(=O)CBr)c1C(=O)CBr. The minimum Gasteiger partial charge on any atom is -0.293 e. The van der Waals surface area contributed by atoms with Crippen LogP contribution in [-0.4, -0.2) is 33.3 Å². The van der Waals surface area contributed by atoms with Crippen molar-refractivity contribution in [3.63, 3.8) is 0 Å². The van der Waals surface area contributed by atoms with Gasteiger partial charge in [0.15, 0.2) is 17.3 Å². The van der Waals surface area contributed by atoms with Crippen molar-refractivity contribution < 1.29 is 14.4 Å². The molecule has 96 valence electrons. The van der Waals surface area contributed by atoms with Crippen LogP contribution in [0.4, 0.5) is 0 Å². The molecule has 1 aromatic carbocycles. The lowest BCUT2D eigenvalue weighted by molar-refractivity contribution is 0.0974. The van der Waals surface area contributed by atoms with Crippen LogP contribution in [0.15, 0.2) is 18.2 Å². The number of carbonyl (C=O) groups excluding carboxylic acids is 3. The molecule has 0 amide bonds. The molecule has 0 aliphatic carbocycles. The molecule has 0 saturated carbocycles. The summed E-state index contributed by atoms with van der Waals surface area (Å²) in [5.74, 6) is -0.712. The maximum atomic E-state index is 11.9. The summed E-state index contributed by atoms with van der Waals surface area (Å²) in [7, 11) is 0. The fourth-order valence-electron chi connectivity index (χ4n) is 1.53. The number of benzene rings is 1. The van der Waals surface area contributed by atoms with Crippen molar-refractivity contribution in [2.24, 2.45) is 0 Å². The summed E-state index contributed by atoms with van der Waals surface area (Å²) in [4.78, 5) is 35.5. The van der Waals surface area contributed by atoms with Crippen molar-refractivity contribution >= 4 is 65.1 Å². The molecule has 0 aliphatic rings. The maximum Gasteiger partial charge on any atom is 0.174 e. The third-order valence-corrected chi connectivity index (χ3v) is 3.84. The van der Waals surface area contributed by atoms with E-state index in [1.807, 2.05) is 0 Å². The highest BCUT2D eigenvalue weighted by Crippen LogP contribution is 2.19. The summed E-state index contributed by atoms with van der Waals surface area (Å²) in [5, 5.41) is 0.297. The quantitative estimate of drug-likeness (QED) is 0.503. The van der Waals surface area contributed by atoms with Gasteiger partial charge in [0, 0.05) is 16.7 Å². The number of rotatable bonds is 6. The standard InChI is InChI=1S/C12H9Br3O3/c13-4-9(16)7-2-1-3-8(10(17)5-14)12(7)11(18)6-15/h1-3H,4-6H2. The van der Waals surface area contributed by atoms with Crippen molar-refractivity contribution in [3.8, 4) is 0 Å². The second-order valence-electron chi connectivity index (χ2n) is 3.40. The first kappa shape index (κ1) is 15.7. The van der Waals surface area contributed by atoms with Crippen LogP contribution in [0.5, 0.6) is 0 Å². The van der Waals surface area contributed by atoms with Crippen LogP contribution >= 0.6 is 47.8 Å². The second-order valence-corrected chi connectivity index (χ2v) is 5.08.